The van der Waals surface area contributed by atoms with Crippen LogP contribution in [0.3, 0.4) is 0 Å². The number of hydrogen-bond acceptors (Lipinski definition) is 4. The number of benzene rings is 1. The topological polar surface area (TPSA) is 55.8 Å². The summed E-state index contributed by atoms with van der Waals surface area (Å²) >= 11 is 0. The van der Waals surface area contributed by atoms with Crippen molar-refractivity contribution in [2.75, 3.05) is 39.8 Å². The van der Waals surface area contributed by atoms with Crippen LogP contribution in [0.5, 0.6) is 0 Å². The number of aliphatic hydroxyl groups is 1. The Kier molecular flexibility index (Phi) is 5.94. The standard InChI is InChI=1S/C17H27N3O2/c1-13-4-6-15(7-5-13)16(21)12-18-17(22)14(2)20-10-8-19(3)9-11-20/h4-7,14,16,21H,8-12H2,1-3H3,(H,18,22). The molecule has 0 saturated carbocycles. The van der Waals surface area contributed by atoms with E-state index in [0.29, 0.717) is 0 Å². The Bertz CT molecular complexity index is 481. The Morgan fingerprint density at radius 2 is 1.82 bits per heavy atom. The van der Waals surface area contributed by atoms with Gasteiger partial charge in [0.2, 0.25) is 5.91 Å². The summed E-state index contributed by atoms with van der Waals surface area (Å²) in [7, 11) is 2.10. The van der Waals surface area contributed by atoms with Crippen molar-refractivity contribution in [2.45, 2.75) is 26.0 Å². The molecule has 1 aliphatic rings. The van der Waals surface area contributed by atoms with Crippen LogP contribution in [0.2, 0.25) is 0 Å². The number of piperazine rings is 1. The molecule has 0 radical (unpaired) electrons. The summed E-state index contributed by atoms with van der Waals surface area (Å²) in [5, 5.41) is 13.0. The van der Waals surface area contributed by atoms with Gasteiger partial charge in [0, 0.05) is 32.7 Å². The van der Waals surface area contributed by atoms with E-state index in [4.69, 9.17) is 0 Å². The fourth-order valence-corrected chi connectivity index (χ4v) is 2.63. The lowest BCUT2D eigenvalue weighted by Crippen LogP contribution is -2.53. The highest BCUT2D eigenvalue weighted by Crippen LogP contribution is 2.13. The average molecular weight is 305 g/mol. The number of hydrogen-bond donors (Lipinski definition) is 2. The lowest BCUT2D eigenvalue weighted by Gasteiger charge is -2.35. The van der Waals surface area contributed by atoms with E-state index < -0.39 is 6.10 Å². The van der Waals surface area contributed by atoms with Crippen molar-refractivity contribution in [3.8, 4) is 0 Å². The van der Waals surface area contributed by atoms with Gasteiger partial charge >= 0.3 is 0 Å². The highest BCUT2D eigenvalue weighted by molar-refractivity contribution is 5.81. The van der Waals surface area contributed by atoms with Crippen LogP contribution in [0, 0.1) is 6.92 Å². The van der Waals surface area contributed by atoms with E-state index >= 15 is 0 Å². The third-order valence-corrected chi connectivity index (χ3v) is 4.40. The number of amides is 1. The molecular weight excluding hydrogens is 278 g/mol. The van der Waals surface area contributed by atoms with Gasteiger partial charge in [-0.1, -0.05) is 29.8 Å². The number of nitrogens with one attached hydrogen (secondary N) is 1. The Labute approximate surface area is 132 Å². The first kappa shape index (κ1) is 16.9. The van der Waals surface area contributed by atoms with Crippen molar-refractivity contribution >= 4 is 5.91 Å². The zero-order valence-electron chi connectivity index (χ0n) is 13.7. The first-order valence-electron chi connectivity index (χ1n) is 7.92. The summed E-state index contributed by atoms with van der Waals surface area (Å²) in [4.78, 5) is 16.7. The quantitative estimate of drug-likeness (QED) is 0.844. The zero-order chi connectivity index (χ0) is 16.1. The number of carbonyl (C=O) groups is 1. The van der Waals surface area contributed by atoms with Crippen molar-refractivity contribution in [2.24, 2.45) is 0 Å². The second-order valence-electron chi connectivity index (χ2n) is 6.19. The number of nitrogens with zero attached hydrogens (tertiary/aromatic N) is 2. The van der Waals surface area contributed by atoms with Crippen molar-refractivity contribution in [1.29, 1.82) is 0 Å². The first-order valence-corrected chi connectivity index (χ1v) is 7.92. The van der Waals surface area contributed by atoms with Gasteiger partial charge in [0.1, 0.15) is 0 Å². The molecule has 2 N–H and O–H groups in total. The fourth-order valence-electron chi connectivity index (χ4n) is 2.63. The maximum absolute atomic E-state index is 12.2. The summed E-state index contributed by atoms with van der Waals surface area (Å²) in [6, 6.07) is 7.57. The van der Waals surface area contributed by atoms with E-state index in [1.807, 2.05) is 38.1 Å². The van der Waals surface area contributed by atoms with Crippen LogP contribution in [-0.4, -0.2) is 66.6 Å². The highest BCUT2D eigenvalue weighted by Gasteiger charge is 2.24. The highest BCUT2D eigenvalue weighted by atomic mass is 16.3. The molecule has 0 bridgehead atoms. The smallest absolute Gasteiger partial charge is 0.237 e. The average Bonchev–Trinajstić information content (AvgIpc) is 2.53. The molecule has 1 saturated heterocycles. The molecular formula is C17H27N3O2. The number of aliphatic hydroxyl groups excluding tert-OH is 1. The molecule has 5 heteroatoms. The molecule has 5 nitrogen and oxygen atoms in total. The van der Waals surface area contributed by atoms with Crippen molar-refractivity contribution in [1.82, 2.24) is 15.1 Å². The van der Waals surface area contributed by atoms with E-state index in [0.717, 1.165) is 37.3 Å². The fraction of sp³-hybridized carbons (Fsp3) is 0.588. The van der Waals surface area contributed by atoms with Crippen molar-refractivity contribution in [3.63, 3.8) is 0 Å². The molecule has 2 rings (SSSR count). The summed E-state index contributed by atoms with van der Waals surface area (Å²) in [5.74, 6) is -0.0179. The predicted molar refractivity (Wildman–Crippen MR) is 87.7 cm³/mol. The summed E-state index contributed by atoms with van der Waals surface area (Å²) < 4.78 is 0. The molecule has 122 valence electrons. The molecule has 1 fully saturated rings. The molecule has 1 amide bonds. The lowest BCUT2D eigenvalue weighted by atomic mass is 10.1. The van der Waals surface area contributed by atoms with Crippen LogP contribution in [0.25, 0.3) is 0 Å². The van der Waals surface area contributed by atoms with Gasteiger partial charge < -0.3 is 15.3 Å². The minimum Gasteiger partial charge on any atom is -0.387 e. The van der Waals surface area contributed by atoms with E-state index in [1.165, 1.54) is 0 Å². The monoisotopic (exact) mass is 305 g/mol. The van der Waals surface area contributed by atoms with Gasteiger partial charge in [0.25, 0.3) is 0 Å². The van der Waals surface area contributed by atoms with E-state index in [1.54, 1.807) is 0 Å². The SMILES string of the molecule is Cc1ccc(C(O)CNC(=O)C(C)N2CCN(C)CC2)cc1. The third-order valence-electron chi connectivity index (χ3n) is 4.40. The Morgan fingerprint density at radius 3 is 2.41 bits per heavy atom. The molecule has 0 spiro atoms. The maximum Gasteiger partial charge on any atom is 0.237 e. The van der Waals surface area contributed by atoms with Gasteiger partial charge in [-0.15, -0.1) is 0 Å². The van der Waals surface area contributed by atoms with Gasteiger partial charge in [-0.05, 0) is 26.5 Å². The van der Waals surface area contributed by atoms with Gasteiger partial charge in [0.05, 0.1) is 12.1 Å². The molecule has 2 unspecified atom stereocenters. The molecule has 1 aliphatic heterocycles. The largest absolute Gasteiger partial charge is 0.387 e. The normalized spacial score (nSPS) is 19.6. The lowest BCUT2D eigenvalue weighted by molar-refractivity contribution is -0.127. The maximum atomic E-state index is 12.2. The first-order chi connectivity index (χ1) is 10.5. The molecule has 0 aromatic heterocycles. The van der Waals surface area contributed by atoms with Crippen LogP contribution in [-0.2, 0) is 4.79 Å². The minimum absolute atomic E-state index is 0.0179. The molecule has 1 aromatic carbocycles. The second-order valence-corrected chi connectivity index (χ2v) is 6.19. The molecule has 1 heterocycles. The molecule has 1 aromatic rings. The Hall–Kier alpha value is -1.43. The number of carbonyl (C=O) groups excluding carboxylic acids is 1. The molecule has 22 heavy (non-hydrogen) atoms. The van der Waals surface area contributed by atoms with Crippen LogP contribution in [0.4, 0.5) is 0 Å². The minimum atomic E-state index is -0.663. The summed E-state index contributed by atoms with van der Waals surface area (Å²) in [6.07, 6.45) is -0.663. The predicted octanol–water partition coefficient (Wildman–Crippen LogP) is 0.781. The summed E-state index contributed by atoms with van der Waals surface area (Å²) in [6.45, 7) is 7.99. The van der Waals surface area contributed by atoms with Crippen LogP contribution >= 0.6 is 0 Å². The zero-order valence-corrected chi connectivity index (χ0v) is 13.7. The van der Waals surface area contributed by atoms with E-state index in [9.17, 15) is 9.90 Å². The Balaban J connectivity index is 1.80. The van der Waals surface area contributed by atoms with E-state index in [2.05, 4.69) is 22.2 Å². The van der Waals surface area contributed by atoms with Crippen LogP contribution in [0.15, 0.2) is 24.3 Å². The third kappa shape index (κ3) is 4.53. The second kappa shape index (κ2) is 7.72. The number of rotatable bonds is 5. The van der Waals surface area contributed by atoms with E-state index in [-0.39, 0.29) is 18.5 Å². The van der Waals surface area contributed by atoms with Crippen molar-refractivity contribution in [3.05, 3.63) is 35.4 Å². The number of likely N-dealkylation sites (N-methyl/N-ethyl adjacent to an activating group) is 1. The van der Waals surface area contributed by atoms with Gasteiger partial charge in [0.15, 0.2) is 0 Å². The number of aryl methyl sites for hydroxylation is 1. The summed E-state index contributed by atoms with van der Waals surface area (Å²) in [5.41, 5.74) is 1.99. The van der Waals surface area contributed by atoms with Crippen LogP contribution in [0.1, 0.15) is 24.2 Å². The van der Waals surface area contributed by atoms with Gasteiger partial charge in [-0.3, -0.25) is 9.69 Å². The Morgan fingerprint density at radius 1 is 1.23 bits per heavy atom. The van der Waals surface area contributed by atoms with Crippen molar-refractivity contribution < 1.29 is 9.90 Å². The molecule has 2 atom stereocenters. The van der Waals surface area contributed by atoms with Gasteiger partial charge in [-0.2, -0.15) is 0 Å². The molecule has 0 aliphatic carbocycles. The van der Waals surface area contributed by atoms with Crippen LogP contribution < -0.4 is 5.32 Å². The van der Waals surface area contributed by atoms with Gasteiger partial charge in [-0.25, -0.2) is 0 Å².